The van der Waals surface area contributed by atoms with Gasteiger partial charge >= 0.3 is 5.97 Å². The van der Waals surface area contributed by atoms with E-state index in [1.807, 2.05) is 32.0 Å². The molecular weight excluding hydrogens is 420 g/mol. The fourth-order valence-corrected chi connectivity index (χ4v) is 4.27. The number of aryl methyl sites for hydroxylation is 2. The molecule has 0 aliphatic heterocycles. The molecule has 0 heterocycles. The molecule has 0 unspecified atom stereocenters. The van der Waals surface area contributed by atoms with E-state index in [1.54, 1.807) is 13.8 Å². The number of ether oxygens (including phenoxy) is 2. The van der Waals surface area contributed by atoms with E-state index < -0.39 is 28.5 Å². The number of sulfonamides is 1. The number of anilines is 1. The van der Waals surface area contributed by atoms with Gasteiger partial charge in [-0.15, -0.1) is 0 Å². The van der Waals surface area contributed by atoms with Crippen LogP contribution in [0.5, 0.6) is 5.75 Å². The third-order valence-electron chi connectivity index (χ3n) is 4.53. The molecule has 2 aromatic rings. The highest BCUT2D eigenvalue weighted by molar-refractivity contribution is 7.89. The van der Waals surface area contributed by atoms with Gasteiger partial charge in [0.05, 0.1) is 4.90 Å². The van der Waals surface area contributed by atoms with Crippen LogP contribution >= 0.6 is 0 Å². The molecule has 2 rings (SSSR count). The highest BCUT2D eigenvalue weighted by Gasteiger charge is 2.21. The Labute approximate surface area is 183 Å². The van der Waals surface area contributed by atoms with Crippen molar-refractivity contribution in [3.63, 3.8) is 0 Å². The van der Waals surface area contributed by atoms with Gasteiger partial charge in [0, 0.05) is 18.8 Å². The number of nitrogens with zero attached hydrogens (tertiary/aromatic N) is 1. The van der Waals surface area contributed by atoms with Crippen molar-refractivity contribution in [3.05, 3.63) is 53.6 Å². The molecule has 0 fully saturated rings. The van der Waals surface area contributed by atoms with Crippen LogP contribution in [0.2, 0.25) is 0 Å². The van der Waals surface area contributed by atoms with E-state index in [-0.39, 0.29) is 11.5 Å². The topological polar surface area (TPSA) is 102 Å². The number of carbonyl (C=O) groups excluding carboxylic acids is 2. The van der Waals surface area contributed by atoms with E-state index in [0.717, 1.165) is 11.1 Å². The summed E-state index contributed by atoms with van der Waals surface area (Å²) >= 11 is 0. The summed E-state index contributed by atoms with van der Waals surface area (Å²) in [7, 11) is -3.57. The number of esters is 1. The summed E-state index contributed by atoms with van der Waals surface area (Å²) < 4.78 is 36.7. The van der Waals surface area contributed by atoms with Crippen LogP contribution in [0.3, 0.4) is 0 Å². The van der Waals surface area contributed by atoms with Gasteiger partial charge in [-0.25, -0.2) is 13.2 Å². The van der Waals surface area contributed by atoms with Gasteiger partial charge in [0.2, 0.25) is 10.0 Å². The lowest BCUT2D eigenvalue weighted by molar-refractivity contribution is -0.149. The molecule has 168 valence electrons. The molecule has 9 heteroatoms. The second-order valence-corrected chi connectivity index (χ2v) is 8.82. The van der Waals surface area contributed by atoms with Crippen LogP contribution in [-0.2, 0) is 24.3 Å². The number of hydrogen-bond donors (Lipinski definition) is 1. The zero-order chi connectivity index (χ0) is 23.0. The third kappa shape index (κ3) is 6.80. The van der Waals surface area contributed by atoms with Crippen molar-refractivity contribution < 1.29 is 27.5 Å². The maximum Gasteiger partial charge on any atom is 0.344 e. The zero-order valence-electron chi connectivity index (χ0n) is 18.2. The van der Waals surface area contributed by atoms with Crippen molar-refractivity contribution >= 4 is 27.6 Å². The molecule has 0 bridgehead atoms. The molecule has 31 heavy (non-hydrogen) atoms. The minimum absolute atomic E-state index is 0.143. The first-order chi connectivity index (χ1) is 14.7. The van der Waals surface area contributed by atoms with E-state index >= 15 is 0 Å². The molecule has 1 amide bonds. The number of carbonyl (C=O) groups is 2. The summed E-state index contributed by atoms with van der Waals surface area (Å²) in [5.41, 5.74) is 2.29. The Bertz CT molecular complexity index is 1010. The van der Waals surface area contributed by atoms with Crippen LogP contribution in [0.4, 0.5) is 5.69 Å². The summed E-state index contributed by atoms with van der Waals surface area (Å²) in [5, 5.41) is 2.56. The molecule has 0 aliphatic carbocycles. The minimum atomic E-state index is -3.57. The normalized spacial score (nSPS) is 11.3. The first kappa shape index (κ1) is 24.4. The lowest BCUT2D eigenvalue weighted by Gasteiger charge is -2.18. The summed E-state index contributed by atoms with van der Waals surface area (Å²) in [6.07, 6.45) is 0. The van der Waals surface area contributed by atoms with Crippen molar-refractivity contribution in [1.29, 1.82) is 0 Å². The van der Waals surface area contributed by atoms with Crippen LogP contribution in [0.15, 0.2) is 47.4 Å². The van der Waals surface area contributed by atoms with E-state index in [4.69, 9.17) is 9.47 Å². The predicted octanol–water partition coefficient (Wildman–Crippen LogP) is 2.89. The van der Waals surface area contributed by atoms with Crippen LogP contribution in [-0.4, -0.2) is 50.9 Å². The molecule has 1 N–H and O–H groups in total. The number of benzene rings is 2. The molecular formula is C22H28N2O6S. The largest absolute Gasteiger partial charge is 0.482 e. The van der Waals surface area contributed by atoms with Gasteiger partial charge in [0.1, 0.15) is 5.75 Å². The Kier molecular flexibility index (Phi) is 8.58. The summed E-state index contributed by atoms with van der Waals surface area (Å²) in [6.45, 7) is 7.27. The van der Waals surface area contributed by atoms with E-state index in [9.17, 15) is 18.0 Å². The zero-order valence-corrected chi connectivity index (χ0v) is 19.0. The summed E-state index contributed by atoms with van der Waals surface area (Å²) in [4.78, 5) is 24.0. The van der Waals surface area contributed by atoms with E-state index in [1.165, 1.54) is 28.6 Å². The van der Waals surface area contributed by atoms with Gasteiger partial charge in [0.25, 0.3) is 5.91 Å². The van der Waals surface area contributed by atoms with Crippen molar-refractivity contribution in [2.24, 2.45) is 0 Å². The summed E-state index contributed by atoms with van der Waals surface area (Å²) in [6, 6.07) is 11.5. The first-order valence-corrected chi connectivity index (χ1v) is 11.4. The molecule has 0 spiro atoms. The fourth-order valence-electron chi connectivity index (χ4n) is 2.81. The Morgan fingerprint density at radius 2 is 1.61 bits per heavy atom. The van der Waals surface area contributed by atoms with Gasteiger partial charge in [-0.3, -0.25) is 4.79 Å². The Morgan fingerprint density at radius 1 is 0.968 bits per heavy atom. The molecule has 2 aromatic carbocycles. The smallest absolute Gasteiger partial charge is 0.344 e. The number of rotatable bonds is 10. The molecule has 8 nitrogen and oxygen atoms in total. The monoisotopic (exact) mass is 448 g/mol. The van der Waals surface area contributed by atoms with E-state index in [2.05, 4.69) is 5.32 Å². The maximum atomic E-state index is 12.5. The molecule has 0 saturated heterocycles. The lowest BCUT2D eigenvalue weighted by atomic mass is 10.1. The highest BCUT2D eigenvalue weighted by atomic mass is 32.2. The third-order valence-corrected chi connectivity index (χ3v) is 6.60. The average molecular weight is 449 g/mol. The first-order valence-electron chi connectivity index (χ1n) is 9.93. The molecule has 0 saturated carbocycles. The van der Waals surface area contributed by atoms with Crippen molar-refractivity contribution in [3.8, 4) is 5.75 Å². The number of amides is 1. The van der Waals surface area contributed by atoms with Gasteiger partial charge in [0.15, 0.2) is 13.2 Å². The lowest BCUT2D eigenvalue weighted by Crippen LogP contribution is -2.30. The molecule has 0 aromatic heterocycles. The molecule has 0 atom stereocenters. The SMILES string of the molecule is CCN(CC)S(=O)(=O)c1ccc(NC(=O)COC(=O)COc2cc(C)ccc2C)cc1. The Morgan fingerprint density at radius 3 is 2.23 bits per heavy atom. The average Bonchev–Trinajstić information content (AvgIpc) is 2.74. The van der Waals surface area contributed by atoms with Gasteiger partial charge < -0.3 is 14.8 Å². The van der Waals surface area contributed by atoms with Crippen molar-refractivity contribution in [1.82, 2.24) is 4.31 Å². The van der Waals surface area contributed by atoms with Gasteiger partial charge in [-0.1, -0.05) is 26.0 Å². The second-order valence-electron chi connectivity index (χ2n) is 6.88. The molecule has 0 radical (unpaired) electrons. The van der Waals surface area contributed by atoms with Crippen LogP contribution < -0.4 is 10.1 Å². The minimum Gasteiger partial charge on any atom is -0.482 e. The number of hydrogen-bond acceptors (Lipinski definition) is 6. The quantitative estimate of drug-likeness (QED) is 0.561. The summed E-state index contributed by atoms with van der Waals surface area (Å²) in [5.74, 6) is -0.627. The maximum absolute atomic E-state index is 12.5. The van der Waals surface area contributed by atoms with Crippen LogP contribution in [0, 0.1) is 13.8 Å². The predicted molar refractivity (Wildman–Crippen MR) is 118 cm³/mol. The van der Waals surface area contributed by atoms with Gasteiger partial charge in [-0.2, -0.15) is 4.31 Å². The Balaban J connectivity index is 1.84. The van der Waals surface area contributed by atoms with E-state index in [0.29, 0.717) is 24.5 Å². The van der Waals surface area contributed by atoms with Crippen molar-refractivity contribution in [2.45, 2.75) is 32.6 Å². The fraction of sp³-hybridized carbons (Fsp3) is 0.364. The highest BCUT2D eigenvalue weighted by Crippen LogP contribution is 2.19. The van der Waals surface area contributed by atoms with Crippen LogP contribution in [0.1, 0.15) is 25.0 Å². The van der Waals surface area contributed by atoms with Crippen LogP contribution in [0.25, 0.3) is 0 Å². The standard InChI is InChI=1S/C22H28N2O6S/c1-5-24(6-2)31(27,28)19-11-9-18(10-12-19)23-21(25)14-30-22(26)15-29-20-13-16(3)7-8-17(20)4/h7-13H,5-6,14-15H2,1-4H3,(H,23,25). The van der Waals surface area contributed by atoms with Crippen molar-refractivity contribution in [2.75, 3.05) is 31.6 Å². The Hall–Kier alpha value is -2.91. The molecule has 0 aliphatic rings. The number of nitrogens with one attached hydrogen (secondary N) is 1. The van der Waals surface area contributed by atoms with Gasteiger partial charge in [-0.05, 0) is 55.3 Å². The second kappa shape index (κ2) is 10.9.